The van der Waals surface area contributed by atoms with Crippen LogP contribution in [0.3, 0.4) is 0 Å². The van der Waals surface area contributed by atoms with Gasteiger partial charge in [0.15, 0.2) is 0 Å². The van der Waals surface area contributed by atoms with Crippen LogP contribution in [0, 0.1) is 19.7 Å². The summed E-state index contributed by atoms with van der Waals surface area (Å²) in [7, 11) is -3.88. The molecule has 1 fully saturated rings. The van der Waals surface area contributed by atoms with E-state index in [1.165, 1.54) is 21.5 Å². The van der Waals surface area contributed by atoms with Crippen LogP contribution in [-0.2, 0) is 10.0 Å². The maximum Gasteiger partial charge on any atom is 0.258 e. The van der Waals surface area contributed by atoms with Gasteiger partial charge in [-0.25, -0.2) is 12.8 Å². The SMILES string of the molecule is Cc1cccc(N2CCN(S(=O)(=O)c3ccc(F)c(C(=O)Nc4ccc(Br)cc4)c3)CC2)c1C. The van der Waals surface area contributed by atoms with E-state index in [2.05, 4.69) is 46.1 Å². The summed E-state index contributed by atoms with van der Waals surface area (Å²) in [4.78, 5) is 14.7. The van der Waals surface area contributed by atoms with Gasteiger partial charge in [0.2, 0.25) is 10.0 Å². The van der Waals surface area contributed by atoms with E-state index in [4.69, 9.17) is 0 Å². The van der Waals surface area contributed by atoms with E-state index < -0.39 is 21.7 Å². The Morgan fingerprint density at radius 3 is 2.32 bits per heavy atom. The fourth-order valence-corrected chi connectivity index (χ4v) is 5.68. The summed E-state index contributed by atoms with van der Waals surface area (Å²) in [6, 6.07) is 16.2. The predicted molar refractivity (Wildman–Crippen MR) is 135 cm³/mol. The third kappa shape index (κ3) is 5.01. The normalized spacial score (nSPS) is 14.8. The molecule has 34 heavy (non-hydrogen) atoms. The van der Waals surface area contributed by atoms with E-state index in [-0.39, 0.29) is 10.5 Å². The van der Waals surface area contributed by atoms with Gasteiger partial charge in [-0.15, -0.1) is 0 Å². The molecule has 0 bridgehead atoms. The molecule has 178 valence electrons. The Bertz CT molecular complexity index is 1320. The smallest absolute Gasteiger partial charge is 0.258 e. The van der Waals surface area contributed by atoms with Gasteiger partial charge in [-0.05, 0) is 73.5 Å². The third-order valence-electron chi connectivity index (χ3n) is 6.08. The van der Waals surface area contributed by atoms with Crippen molar-refractivity contribution in [2.75, 3.05) is 36.4 Å². The molecular formula is C25H25BrFN3O3S. The fourth-order valence-electron chi connectivity index (χ4n) is 3.97. The molecule has 1 heterocycles. The Labute approximate surface area is 207 Å². The molecule has 1 amide bonds. The van der Waals surface area contributed by atoms with Crippen LogP contribution in [-0.4, -0.2) is 44.8 Å². The first-order chi connectivity index (χ1) is 16.2. The molecule has 3 aromatic carbocycles. The molecule has 0 saturated carbocycles. The Hall–Kier alpha value is -2.75. The summed E-state index contributed by atoms with van der Waals surface area (Å²) < 4.78 is 43.2. The number of rotatable bonds is 5. The lowest BCUT2D eigenvalue weighted by Gasteiger charge is -2.36. The Balaban J connectivity index is 1.51. The molecule has 1 aliphatic rings. The van der Waals surface area contributed by atoms with Crippen LogP contribution in [0.1, 0.15) is 21.5 Å². The van der Waals surface area contributed by atoms with Crippen LogP contribution in [0.25, 0.3) is 0 Å². The Morgan fingerprint density at radius 1 is 0.971 bits per heavy atom. The van der Waals surface area contributed by atoms with Gasteiger partial charge in [-0.1, -0.05) is 28.1 Å². The van der Waals surface area contributed by atoms with Crippen molar-refractivity contribution in [2.24, 2.45) is 0 Å². The van der Waals surface area contributed by atoms with Gasteiger partial charge in [-0.2, -0.15) is 4.31 Å². The van der Waals surface area contributed by atoms with Gasteiger partial charge < -0.3 is 10.2 Å². The van der Waals surface area contributed by atoms with Crippen molar-refractivity contribution in [1.82, 2.24) is 4.31 Å². The van der Waals surface area contributed by atoms with E-state index >= 15 is 0 Å². The molecule has 6 nitrogen and oxygen atoms in total. The van der Waals surface area contributed by atoms with E-state index in [0.717, 1.165) is 22.3 Å². The van der Waals surface area contributed by atoms with E-state index in [0.29, 0.717) is 31.9 Å². The van der Waals surface area contributed by atoms with Crippen molar-refractivity contribution in [3.63, 3.8) is 0 Å². The van der Waals surface area contributed by atoms with E-state index in [1.807, 2.05) is 12.1 Å². The number of carbonyl (C=O) groups is 1. The van der Waals surface area contributed by atoms with Gasteiger partial charge in [0.05, 0.1) is 10.5 Å². The molecule has 0 unspecified atom stereocenters. The number of piperazine rings is 1. The number of halogens is 2. The lowest BCUT2D eigenvalue weighted by atomic mass is 10.1. The van der Waals surface area contributed by atoms with E-state index in [9.17, 15) is 17.6 Å². The highest BCUT2D eigenvalue weighted by Crippen LogP contribution is 2.26. The molecule has 1 N–H and O–H groups in total. The summed E-state index contributed by atoms with van der Waals surface area (Å²) in [5.74, 6) is -1.50. The molecule has 1 saturated heterocycles. The zero-order valence-corrected chi connectivity index (χ0v) is 21.3. The molecule has 1 aliphatic heterocycles. The second kappa shape index (κ2) is 9.85. The standard InChI is InChI=1S/C25H25BrFN3O3S/c1-17-4-3-5-24(18(17)2)29-12-14-30(15-13-29)34(32,33)21-10-11-23(27)22(16-21)25(31)28-20-8-6-19(26)7-9-20/h3-11,16H,12-15H2,1-2H3,(H,28,31). The number of sulfonamides is 1. The molecule has 9 heteroatoms. The lowest BCUT2D eigenvalue weighted by molar-refractivity contribution is 0.102. The molecule has 0 aromatic heterocycles. The van der Waals surface area contributed by atoms with Crippen LogP contribution in [0.15, 0.2) is 70.0 Å². The number of nitrogens with zero attached hydrogens (tertiary/aromatic N) is 2. The molecular weight excluding hydrogens is 521 g/mol. The van der Waals surface area contributed by atoms with Crippen molar-refractivity contribution in [3.05, 3.63) is 87.6 Å². The zero-order valence-electron chi connectivity index (χ0n) is 18.9. The summed E-state index contributed by atoms with van der Waals surface area (Å²) in [5, 5.41) is 2.60. The number of aryl methyl sites for hydroxylation is 1. The highest BCUT2D eigenvalue weighted by molar-refractivity contribution is 9.10. The monoisotopic (exact) mass is 545 g/mol. The number of hydrogen-bond acceptors (Lipinski definition) is 4. The lowest BCUT2D eigenvalue weighted by Crippen LogP contribution is -2.48. The molecule has 0 radical (unpaired) electrons. The van der Waals surface area contributed by atoms with Crippen LogP contribution < -0.4 is 10.2 Å². The van der Waals surface area contributed by atoms with Crippen LogP contribution in [0.4, 0.5) is 15.8 Å². The van der Waals surface area contributed by atoms with Gasteiger partial charge in [0, 0.05) is 42.0 Å². The first-order valence-electron chi connectivity index (χ1n) is 10.8. The summed E-state index contributed by atoms with van der Waals surface area (Å²) in [6.07, 6.45) is 0. The number of hydrogen-bond donors (Lipinski definition) is 1. The second-order valence-corrected chi connectivity index (χ2v) is 11.1. The summed E-state index contributed by atoms with van der Waals surface area (Å²) in [5.41, 5.74) is 3.62. The molecule has 3 aromatic rings. The average Bonchev–Trinajstić information content (AvgIpc) is 2.82. The number of benzene rings is 3. The molecule has 0 aliphatic carbocycles. The second-order valence-electron chi connectivity index (χ2n) is 8.21. The van der Waals surface area contributed by atoms with Gasteiger partial charge in [0.25, 0.3) is 5.91 Å². The van der Waals surface area contributed by atoms with Crippen molar-refractivity contribution in [3.8, 4) is 0 Å². The predicted octanol–water partition coefficient (Wildman–Crippen LogP) is 4.97. The van der Waals surface area contributed by atoms with Crippen LogP contribution >= 0.6 is 15.9 Å². The number of nitrogens with one attached hydrogen (secondary N) is 1. The first-order valence-corrected chi connectivity index (χ1v) is 13.1. The topological polar surface area (TPSA) is 69.7 Å². The van der Waals surface area contributed by atoms with Crippen LogP contribution in [0.5, 0.6) is 0 Å². The molecule has 4 rings (SSSR count). The van der Waals surface area contributed by atoms with Crippen molar-refractivity contribution < 1.29 is 17.6 Å². The van der Waals surface area contributed by atoms with Gasteiger partial charge in [-0.3, -0.25) is 4.79 Å². The maximum atomic E-state index is 14.4. The maximum absolute atomic E-state index is 14.4. The largest absolute Gasteiger partial charge is 0.369 e. The summed E-state index contributed by atoms with van der Waals surface area (Å²) >= 11 is 3.31. The number of anilines is 2. The van der Waals surface area contributed by atoms with Crippen molar-refractivity contribution in [2.45, 2.75) is 18.7 Å². The minimum absolute atomic E-state index is 0.102. The van der Waals surface area contributed by atoms with E-state index in [1.54, 1.807) is 24.3 Å². The average molecular weight is 546 g/mol. The van der Waals surface area contributed by atoms with Crippen molar-refractivity contribution in [1.29, 1.82) is 0 Å². The third-order valence-corrected chi connectivity index (χ3v) is 8.50. The Morgan fingerprint density at radius 2 is 1.65 bits per heavy atom. The first kappa shape index (κ1) is 24.4. The Kier molecular flexibility index (Phi) is 7.06. The number of amides is 1. The van der Waals surface area contributed by atoms with Crippen LogP contribution in [0.2, 0.25) is 0 Å². The highest BCUT2D eigenvalue weighted by Gasteiger charge is 2.30. The highest BCUT2D eigenvalue weighted by atomic mass is 79.9. The molecule has 0 atom stereocenters. The van der Waals surface area contributed by atoms with Gasteiger partial charge in [0.1, 0.15) is 5.82 Å². The minimum Gasteiger partial charge on any atom is -0.369 e. The molecule has 0 spiro atoms. The number of carbonyl (C=O) groups excluding carboxylic acids is 1. The van der Waals surface area contributed by atoms with Crippen molar-refractivity contribution >= 4 is 43.2 Å². The minimum atomic E-state index is -3.88. The van der Waals surface area contributed by atoms with Gasteiger partial charge >= 0.3 is 0 Å². The summed E-state index contributed by atoms with van der Waals surface area (Å²) in [6.45, 7) is 5.80. The quantitative estimate of drug-likeness (QED) is 0.491. The fraction of sp³-hybridized carbons (Fsp3) is 0.240. The zero-order chi connectivity index (χ0) is 24.5.